The van der Waals surface area contributed by atoms with Gasteiger partial charge in [-0.05, 0) is 61.1 Å². The zero-order chi connectivity index (χ0) is 20.4. The van der Waals surface area contributed by atoms with Gasteiger partial charge in [0, 0.05) is 17.5 Å². The molecule has 0 bridgehead atoms. The molecule has 0 spiro atoms. The number of benzene rings is 2. The highest BCUT2D eigenvalue weighted by molar-refractivity contribution is 6.09. The highest BCUT2D eigenvalue weighted by Crippen LogP contribution is 2.40. The minimum absolute atomic E-state index is 0.0246. The van der Waals surface area contributed by atoms with E-state index < -0.39 is 0 Å². The van der Waals surface area contributed by atoms with Crippen molar-refractivity contribution in [2.45, 2.75) is 38.6 Å². The van der Waals surface area contributed by atoms with Gasteiger partial charge in [-0.15, -0.1) is 0 Å². The fraction of sp³-hybridized carbons (Fsp3) is 0.304. The van der Waals surface area contributed by atoms with Gasteiger partial charge >= 0.3 is 5.63 Å². The topological polar surface area (TPSA) is 93.3 Å². The molecule has 3 aromatic rings. The molecular weight excluding hydrogens is 384 g/mol. The number of hydrogen-bond donors (Lipinski definition) is 2. The van der Waals surface area contributed by atoms with Gasteiger partial charge in [0.05, 0.1) is 17.1 Å². The summed E-state index contributed by atoms with van der Waals surface area (Å²) in [6, 6.07) is 7.68. The highest BCUT2D eigenvalue weighted by atomic mass is 16.7. The number of hydrogen-bond acceptors (Lipinski definition) is 7. The molecule has 0 amide bonds. The van der Waals surface area contributed by atoms with Gasteiger partial charge in [0.15, 0.2) is 11.5 Å². The van der Waals surface area contributed by atoms with Crippen molar-refractivity contribution in [2.24, 2.45) is 5.10 Å². The molecule has 30 heavy (non-hydrogen) atoms. The Morgan fingerprint density at radius 2 is 1.97 bits per heavy atom. The van der Waals surface area contributed by atoms with Crippen molar-refractivity contribution >= 4 is 16.7 Å². The molecule has 2 aliphatic heterocycles. The molecule has 1 aliphatic carbocycles. The van der Waals surface area contributed by atoms with Crippen LogP contribution in [-0.4, -0.2) is 17.6 Å². The van der Waals surface area contributed by atoms with Crippen molar-refractivity contribution in [1.29, 1.82) is 0 Å². The lowest BCUT2D eigenvalue weighted by Crippen LogP contribution is -2.10. The van der Waals surface area contributed by atoms with Crippen LogP contribution in [-0.2, 0) is 12.8 Å². The minimum atomic E-state index is -0.288. The molecule has 0 fully saturated rings. The van der Waals surface area contributed by atoms with Crippen LogP contribution >= 0.6 is 0 Å². The van der Waals surface area contributed by atoms with Gasteiger partial charge in [-0.3, -0.25) is 0 Å². The predicted molar refractivity (Wildman–Crippen MR) is 111 cm³/mol. The maximum atomic E-state index is 12.3. The maximum absolute atomic E-state index is 12.3. The van der Waals surface area contributed by atoms with E-state index in [1.807, 2.05) is 31.2 Å². The Hall–Kier alpha value is -3.48. The maximum Gasteiger partial charge on any atom is 0.339 e. The Kier molecular flexibility index (Phi) is 3.63. The molecule has 1 atom stereocenters. The lowest BCUT2D eigenvalue weighted by atomic mass is 9.92. The summed E-state index contributed by atoms with van der Waals surface area (Å²) in [5, 5.41) is 16.4. The number of hydrazone groups is 1. The lowest BCUT2D eigenvalue weighted by molar-refractivity contribution is 0.174. The van der Waals surface area contributed by atoms with Crippen LogP contribution in [0.25, 0.3) is 11.0 Å². The molecule has 2 aromatic carbocycles. The van der Waals surface area contributed by atoms with Crippen molar-refractivity contribution in [3.8, 4) is 17.2 Å². The van der Waals surface area contributed by atoms with E-state index in [0.29, 0.717) is 34.9 Å². The molecule has 7 nitrogen and oxygen atoms in total. The summed E-state index contributed by atoms with van der Waals surface area (Å²) in [4.78, 5) is 12.3. The average Bonchev–Trinajstić information content (AvgIpc) is 3.47. The van der Waals surface area contributed by atoms with Crippen molar-refractivity contribution in [2.75, 3.05) is 6.79 Å². The quantitative estimate of drug-likeness (QED) is 0.636. The number of nitrogens with zero attached hydrogens (tertiary/aromatic N) is 1. The Labute approximate surface area is 171 Å². The van der Waals surface area contributed by atoms with Crippen LogP contribution in [0.15, 0.2) is 38.6 Å². The monoisotopic (exact) mass is 404 g/mol. The number of fused-ring (bicyclic) bond motifs is 4. The van der Waals surface area contributed by atoms with E-state index in [4.69, 9.17) is 13.9 Å². The molecule has 0 saturated heterocycles. The lowest BCUT2D eigenvalue weighted by Gasteiger charge is -2.14. The smallest absolute Gasteiger partial charge is 0.339 e. The standard InChI is InChI=1S/C23H20N2O5/c1-11-7-19-21(13-3-2-4-14(13)23(27)30-19)22(26)20(11)16-9-15(24-25-16)12-5-6-17-18(8-12)29-10-28-17/h5-8,15,24,26H,2-4,9-10H2,1H3. The molecule has 0 radical (unpaired) electrons. The molecule has 6 rings (SSSR count). The molecule has 7 heteroatoms. The normalized spacial score (nSPS) is 19.1. The van der Waals surface area contributed by atoms with E-state index in [1.165, 1.54) is 0 Å². The van der Waals surface area contributed by atoms with Gasteiger partial charge in [-0.1, -0.05) is 6.07 Å². The fourth-order valence-electron chi connectivity index (χ4n) is 4.83. The predicted octanol–water partition coefficient (Wildman–Crippen LogP) is 3.46. The molecule has 1 aromatic heterocycles. The van der Waals surface area contributed by atoms with Crippen LogP contribution in [0.5, 0.6) is 17.2 Å². The van der Waals surface area contributed by atoms with E-state index in [9.17, 15) is 9.90 Å². The van der Waals surface area contributed by atoms with Gasteiger partial charge in [-0.2, -0.15) is 5.10 Å². The number of phenolic OH excluding ortho intramolecular Hbond substituents is 1. The van der Waals surface area contributed by atoms with Crippen molar-refractivity contribution in [3.05, 3.63) is 62.5 Å². The van der Waals surface area contributed by atoms with Crippen molar-refractivity contribution < 1.29 is 19.0 Å². The second-order valence-electron chi connectivity index (χ2n) is 8.05. The summed E-state index contributed by atoms with van der Waals surface area (Å²) in [6.07, 6.45) is 3.00. The van der Waals surface area contributed by atoms with E-state index in [0.717, 1.165) is 46.7 Å². The number of ether oxygens (including phenoxy) is 2. The first-order valence-corrected chi connectivity index (χ1v) is 10.1. The van der Waals surface area contributed by atoms with Crippen LogP contribution < -0.4 is 20.5 Å². The summed E-state index contributed by atoms with van der Waals surface area (Å²) < 4.78 is 16.4. The van der Waals surface area contributed by atoms with Gasteiger partial charge in [0.1, 0.15) is 11.3 Å². The average molecular weight is 404 g/mol. The Balaban J connectivity index is 1.40. The largest absolute Gasteiger partial charge is 0.506 e. The number of phenols is 1. The summed E-state index contributed by atoms with van der Waals surface area (Å²) >= 11 is 0. The zero-order valence-electron chi connectivity index (χ0n) is 16.4. The van der Waals surface area contributed by atoms with E-state index in [-0.39, 0.29) is 24.2 Å². The molecular formula is C23H20N2O5. The number of aryl methyl sites for hydroxylation is 2. The third kappa shape index (κ3) is 2.44. The van der Waals surface area contributed by atoms with Crippen LogP contribution in [0.3, 0.4) is 0 Å². The molecule has 3 aliphatic rings. The Bertz CT molecular complexity index is 1310. The molecule has 1 unspecified atom stereocenters. The Morgan fingerprint density at radius 3 is 2.87 bits per heavy atom. The first kappa shape index (κ1) is 17.4. The van der Waals surface area contributed by atoms with Crippen LogP contribution in [0, 0.1) is 6.92 Å². The summed E-state index contributed by atoms with van der Waals surface area (Å²) in [5.41, 5.74) is 8.31. The summed E-state index contributed by atoms with van der Waals surface area (Å²) in [6.45, 7) is 2.14. The third-order valence-corrected chi connectivity index (χ3v) is 6.27. The van der Waals surface area contributed by atoms with E-state index in [2.05, 4.69) is 10.5 Å². The first-order chi connectivity index (χ1) is 14.6. The highest BCUT2D eigenvalue weighted by Gasteiger charge is 2.29. The van der Waals surface area contributed by atoms with Gasteiger partial charge in [-0.25, -0.2) is 4.79 Å². The van der Waals surface area contributed by atoms with Crippen LogP contribution in [0.4, 0.5) is 0 Å². The fourth-order valence-corrected chi connectivity index (χ4v) is 4.83. The van der Waals surface area contributed by atoms with E-state index in [1.54, 1.807) is 0 Å². The Morgan fingerprint density at radius 1 is 1.13 bits per heavy atom. The molecule has 0 saturated carbocycles. The molecule has 152 valence electrons. The minimum Gasteiger partial charge on any atom is -0.506 e. The van der Waals surface area contributed by atoms with Crippen LogP contribution in [0.1, 0.15) is 46.7 Å². The third-order valence-electron chi connectivity index (χ3n) is 6.27. The SMILES string of the molecule is Cc1cc2oc(=O)c3c(c2c(O)c1C1=NNC(c2ccc4c(c2)OCO4)C1)CCC3. The summed E-state index contributed by atoms with van der Waals surface area (Å²) in [5.74, 6) is 1.63. The van der Waals surface area contributed by atoms with Gasteiger partial charge in [0.2, 0.25) is 6.79 Å². The van der Waals surface area contributed by atoms with Crippen molar-refractivity contribution in [3.63, 3.8) is 0 Å². The van der Waals surface area contributed by atoms with Crippen molar-refractivity contribution in [1.82, 2.24) is 5.43 Å². The van der Waals surface area contributed by atoms with Gasteiger partial charge in [0.25, 0.3) is 0 Å². The van der Waals surface area contributed by atoms with Gasteiger partial charge < -0.3 is 24.4 Å². The number of rotatable bonds is 2. The zero-order valence-corrected chi connectivity index (χ0v) is 16.4. The van der Waals surface area contributed by atoms with E-state index >= 15 is 0 Å². The molecule has 3 heterocycles. The number of aromatic hydroxyl groups is 1. The summed E-state index contributed by atoms with van der Waals surface area (Å²) in [7, 11) is 0. The molecule has 2 N–H and O–H groups in total. The second-order valence-corrected chi connectivity index (χ2v) is 8.05. The number of nitrogens with one attached hydrogen (secondary N) is 1. The first-order valence-electron chi connectivity index (χ1n) is 10.1. The van der Waals surface area contributed by atoms with Crippen LogP contribution in [0.2, 0.25) is 0 Å². The second kappa shape index (κ2) is 6.26.